The number of hydroxylamine groups is 1. The molecule has 0 saturated heterocycles. The zero-order valence-electron chi connectivity index (χ0n) is 14.9. The van der Waals surface area contributed by atoms with Crippen LogP contribution in [0.3, 0.4) is 0 Å². The molecular weight excluding hydrogens is 358 g/mol. The Morgan fingerprint density at radius 1 is 1.42 bits per heavy atom. The predicted octanol–water partition coefficient (Wildman–Crippen LogP) is 0.654. The number of nitrogens with one attached hydrogen (secondary N) is 2. The minimum Gasteiger partial charge on any atom is -0.352 e. The molecule has 1 atom stereocenters. The van der Waals surface area contributed by atoms with E-state index >= 15 is 0 Å². The number of carbonyl (C=O) groups excluding carboxylic acids is 3. The molecule has 0 aromatic carbocycles. The van der Waals surface area contributed by atoms with Gasteiger partial charge < -0.3 is 16.0 Å². The molecule has 4 amide bonds. The minimum atomic E-state index is -0.785. The van der Waals surface area contributed by atoms with Crippen LogP contribution in [0.15, 0.2) is 6.20 Å². The highest BCUT2D eigenvalue weighted by atomic mass is 32.1. The maximum Gasteiger partial charge on any atom is 0.312 e. The monoisotopic (exact) mass is 383 g/mol. The number of nitrogens with zero attached hydrogens (tertiary/aromatic N) is 2. The van der Waals surface area contributed by atoms with Crippen LogP contribution < -0.4 is 16.5 Å². The molecule has 1 aliphatic rings. The van der Waals surface area contributed by atoms with Gasteiger partial charge in [0.2, 0.25) is 5.91 Å². The number of aryl methyl sites for hydroxylation is 1. The molecule has 5 N–H and O–H groups in total. The van der Waals surface area contributed by atoms with Crippen molar-refractivity contribution in [3.05, 3.63) is 16.1 Å². The lowest BCUT2D eigenvalue weighted by molar-refractivity contribution is -0.144. The zero-order valence-corrected chi connectivity index (χ0v) is 15.8. The lowest BCUT2D eigenvalue weighted by Gasteiger charge is -2.29. The van der Waals surface area contributed by atoms with Crippen LogP contribution in [-0.4, -0.2) is 52.6 Å². The Hall–Kier alpha value is -2.20. The van der Waals surface area contributed by atoms with E-state index in [2.05, 4.69) is 10.3 Å². The molecule has 10 heteroatoms. The average molecular weight is 383 g/mol. The first kappa shape index (κ1) is 20.1. The van der Waals surface area contributed by atoms with Crippen LogP contribution in [0, 0.1) is 6.92 Å². The van der Waals surface area contributed by atoms with Gasteiger partial charge in [0.25, 0.3) is 5.91 Å². The minimum absolute atomic E-state index is 0.134. The van der Waals surface area contributed by atoms with Gasteiger partial charge in [0, 0.05) is 24.7 Å². The van der Waals surface area contributed by atoms with Gasteiger partial charge >= 0.3 is 6.03 Å². The third-order valence-corrected chi connectivity index (χ3v) is 5.77. The van der Waals surface area contributed by atoms with Crippen LogP contribution in [0.2, 0.25) is 0 Å². The van der Waals surface area contributed by atoms with Crippen molar-refractivity contribution < 1.29 is 19.6 Å². The van der Waals surface area contributed by atoms with Crippen LogP contribution in [0.25, 0.3) is 0 Å². The summed E-state index contributed by atoms with van der Waals surface area (Å²) in [6.07, 6.45) is 4.76. The largest absolute Gasteiger partial charge is 0.352 e. The highest BCUT2D eigenvalue weighted by Gasteiger charge is 2.54. The number of hydrogen-bond acceptors (Lipinski definition) is 6. The van der Waals surface area contributed by atoms with E-state index in [1.54, 1.807) is 18.7 Å². The number of rotatable bonds is 9. The number of carbonyl (C=O) groups is 3. The summed E-state index contributed by atoms with van der Waals surface area (Å²) in [5, 5.41) is 12.4. The smallest absolute Gasteiger partial charge is 0.312 e. The van der Waals surface area contributed by atoms with Gasteiger partial charge in [-0.1, -0.05) is 0 Å². The first-order chi connectivity index (χ1) is 12.3. The van der Waals surface area contributed by atoms with Crippen molar-refractivity contribution in [3.8, 4) is 0 Å². The summed E-state index contributed by atoms with van der Waals surface area (Å²) in [5.74, 6) is -0.759. The molecule has 0 radical (unpaired) electrons. The predicted molar refractivity (Wildman–Crippen MR) is 95.7 cm³/mol. The van der Waals surface area contributed by atoms with E-state index in [9.17, 15) is 14.4 Å². The lowest BCUT2D eigenvalue weighted by atomic mass is 10.0. The van der Waals surface area contributed by atoms with Crippen molar-refractivity contribution in [1.29, 1.82) is 0 Å². The van der Waals surface area contributed by atoms with Crippen molar-refractivity contribution in [1.82, 2.24) is 20.7 Å². The van der Waals surface area contributed by atoms with Gasteiger partial charge in [-0.25, -0.2) is 15.3 Å². The molecule has 1 unspecified atom stereocenters. The Morgan fingerprint density at radius 3 is 2.62 bits per heavy atom. The van der Waals surface area contributed by atoms with E-state index in [0.29, 0.717) is 25.8 Å². The number of amides is 4. The fourth-order valence-corrected chi connectivity index (χ4v) is 4.02. The molecule has 0 bridgehead atoms. The summed E-state index contributed by atoms with van der Waals surface area (Å²) in [7, 11) is 1.58. The average Bonchev–Trinajstić information content (AvgIpc) is 3.31. The first-order valence-electron chi connectivity index (χ1n) is 8.49. The lowest BCUT2D eigenvalue weighted by Crippen LogP contribution is -2.50. The molecule has 0 spiro atoms. The number of likely N-dealkylation sites (N-methyl/N-ethyl adjacent to an activating group) is 1. The van der Waals surface area contributed by atoms with Crippen LogP contribution in [0.5, 0.6) is 0 Å². The third-order valence-electron chi connectivity index (χ3n) is 4.66. The summed E-state index contributed by atoms with van der Waals surface area (Å²) in [5.41, 5.74) is 6.05. The number of nitrogens with two attached hydrogens (primary N) is 1. The molecule has 1 saturated carbocycles. The van der Waals surface area contributed by atoms with Crippen LogP contribution in [0.1, 0.15) is 42.0 Å². The second-order valence-corrected chi connectivity index (χ2v) is 7.76. The fraction of sp³-hybridized carbons (Fsp3) is 0.625. The molecule has 1 heterocycles. The highest BCUT2D eigenvalue weighted by molar-refractivity contribution is 7.11. The van der Waals surface area contributed by atoms with Crippen molar-refractivity contribution in [2.45, 2.75) is 50.5 Å². The SMILES string of the molecule is Cc1ncc(C2(C(=O)N(C)C(CCCCNC(N)=O)C(=O)NO)CC2)s1. The maximum atomic E-state index is 13.0. The normalized spacial score (nSPS) is 15.8. The molecule has 2 rings (SSSR count). The Balaban J connectivity index is 2.01. The van der Waals surface area contributed by atoms with Gasteiger partial charge in [-0.2, -0.15) is 0 Å². The van der Waals surface area contributed by atoms with Gasteiger partial charge in [-0.15, -0.1) is 11.3 Å². The van der Waals surface area contributed by atoms with E-state index in [1.165, 1.54) is 16.2 Å². The van der Waals surface area contributed by atoms with E-state index in [4.69, 9.17) is 10.9 Å². The summed E-state index contributed by atoms with van der Waals surface area (Å²) >= 11 is 1.50. The van der Waals surface area contributed by atoms with Crippen LogP contribution in [-0.2, 0) is 15.0 Å². The van der Waals surface area contributed by atoms with E-state index in [0.717, 1.165) is 22.7 Å². The maximum absolute atomic E-state index is 13.0. The number of hydrogen-bond donors (Lipinski definition) is 4. The molecule has 9 nitrogen and oxygen atoms in total. The molecular formula is C16H25N5O4S. The molecule has 1 aromatic heterocycles. The van der Waals surface area contributed by atoms with Gasteiger partial charge in [0.1, 0.15) is 6.04 Å². The number of primary amides is 1. The topological polar surface area (TPSA) is 138 Å². The molecule has 1 fully saturated rings. The summed E-state index contributed by atoms with van der Waals surface area (Å²) in [6, 6.07) is -1.38. The number of thiazole rings is 1. The van der Waals surface area contributed by atoms with Crippen LogP contribution in [0.4, 0.5) is 4.79 Å². The summed E-state index contributed by atoms with van der Waals surface area (Å²) < 4.78 is 0. The Morgan fingerprint density at radius 2 is 2.12 bits per heavy atom. The van der Waals surface area contributed by atoms with Gasteiger partial charge in [-0.05, 0) is 39.0 Å². The summed E-state index contributed by atoms with van der Waals surface area (Å²) in [6.45, 7) is 2.28. The van der Waals surface area contributed by atoms with Gasteiger partial charge in [0.15, 0.2) is 0 Å². The Kier molecular flexibility index (Phi) is 6.54. The third kappa shape index (κ3) is 4.50. The summed E-state index contributed by atoms with van der Waals surface area (Å²) in [4.78, 5) is 42.3. The van der Waals surface area contributed by atoms with Crippen molar-refractivity contribution in [2.24, 2.45) is 5.73 Å². The Labute approximate surface area is 155 Å². The fourth-order valence-electron chi connectivity index (χ4n) is 3.00. The first-order valence-corrected chi connectivity index (χ1v) is 9.31. The van der Waals surface area contributed by atoms with Crippen LogP contribution >= 0.6 is 11.3 Å². The van der Waals surface area contributed by atoms with Gasteiger partial charge in [0.05, 0.1) is 10.4 Å². The van der Waals surface area contributed by atoms with Crippen molar-refractivity contribution in [3.63, 3.8) is 0 Å². The molecule has 0 aliphatic heterocycles. The standard InChI is InChI=1S/C16H25N5O4S/c1-10-19-9-12(26-10)16(6-7-16)14(23)21(2)11(13(22)20-25)5-3-4-8-18-15(17)24/h9,11,25H,3-8H2,1-2H3,(H,20,22)(H3,17,18,24). The molecule has 26 heavy (non-hydrogen) atoms. The highest BCUT2D eigenvalue weighted by Crippen LogP contribution is 2.51. The van der Waals surface area contributed by atoms with Crippen molar-refractivity contribution >= 4 is 29.2 Å². The number of urea groups is 1. The number of unbranched alkanes of at least 4 members (excludes halogenated alkanes) is 1. The second-order valence-electron chi connectivity index (χ2n) is 6.52. The molecule has 144 valence electrons. The van der Waals surface area contributed by atoms with Gasteiger partial charge in [-0.3, -0.25) is 14.8 Å². The van der Waals surface area contributed by atoms with Crippen molar-refractivity contribution in [2.75, 3.05) is 13.6 Å². The quantitative estimate of drug-likeness (QED) is 0.282. The molecule has 1 aliphatic carbocycles. The number of aromatic nitrogens is 1. The molecule has 1 aromatic rings. The Bertz CT molecular complexity index is 673. The second kappa shape index (κ2) is 8.45. The van der Waals surface area contributed by atoms with E-state index in [1.807, 2.05) is 6.92 Å². The van der Waals surface area contributed by atoms with E-state index in [-0.39, 0.29) is 5.91 Å². The zero-order chi connectivity index (χ0) is 19.3. The van der Waals surface area contributed by atoms with E-state index < -0.39 is 23.4 Å².